The summed E-state index contributed by atoms with van der Waals surface area (Å²) in [6.45, 7) is 1.78. The van der Waals surface area contributed by atoms with Crippen molar-refractivity contribution in [2.75, 3.05) is 20.3 Å². The summed E-state index contributed by atoms with van der Waals surface area (Å²) in [5, 5.41) is 12.2. The van der Waals surface area contributed by atoms with E-state index in [0.717, 1.165) is 23.1 Å². The van der Waals surface area contributed by atoms with Crippen molar-refractivity contribution in [1.82, 2.24) is 14.5 Å². The maximum Gasteiger partial charge on any atom is 0.330 e. The van der Waals surface area contributed by atoms with Crippen LogP contribution >= 0.6 is 0 Å². The number of hydrogen-bond acceptors (Lipinski definition) is 6. The topological polar surface area (TPSA) is 98.3 Å². The molecule has 0 saturated carbocycles. The fourth-order valence-corrected chi connectivity index (χ4v) is 3.22. The molecule has 8 nitrogen and oxygen atoms in total. The van der Waals surface area contributed by atoms with Crippen molar-refractivity contribution in [1.29, 1.82) is 5.26 Å². The molecule has 0 saturated heterocycles. The number of aryl methyl sites for hydroxylation is 1. The highest BCUT2D eigenvalue weighted by molar-refractivity contribution is 5.43. The van der Waals surface area contributed by atoms with Crippen molar-refractivity contribution in [3.05, 3.63) is 92.3 Å². The van der Waals surface area contributed by atoms with Gasteiger partial charge in [0.1, 0.15) is 6.61 Å². The molecule has 32 heavy (non-hydrogen) atoms. The van der Waals surface area contributed by atoms with Crippen LogP contribution in [0.3, 0.4) is 0 Å². The number of benzene rings is 2. The molecule has 0 unspecified atom stereocenters. The normalized spacial score (nSPS) is 10.5. The van der Waals surface area contributed by atoms with Gasteiger partial charge in [-0.15, -0.1) is 0 Å². The number of methoxy groups -OCH3 is 1. The predicted octanol–water partition coefficient (Wildman–Crippen LogP) is 1.84. The molecule has 1 heterocycles. The maximum absolute atomic E-state index is 12.1. The minimum atomic E-state index is -0.379. The third-order valence-electron chi connectivity index (χ3n) is 5.04. The van der Waals surface area contributed by atoms with Crippen LogP contribution in [0.1, 0.15) is 16.7 Å². The predicted molar refractivity (Wildman–Crippen MR) is 121 cm³/mol. The van der Waals surface area contributed by atoms with Crippen LogP contribution in [-0.4, -0.2) is 29.4 Å². The Morgan fingerprint density at radius 2 is 1.78 bits per heavy atom. The fraction of sp³-hybridized carbons (Fsp3) is 0.292. The van der Waals surface area contributed by atoms with Crippen molar-refractivity contribution in [2.45, 2.75) is 19.5 Å². The van der Waals surface area contributed by atoms with Crippen molar-refractivity contribution in [3.63, 3.8) is 0 Å². The van der Waals surface area contributed by atoms with E-state index in [0.29, 0.717) is 23.6 Å². The van der Waals surface area contributed by atoms with Crippen molar-refractivity contribution >= 4 is 0 Å². The Bertz CT molecular complexity index is 1210. The molecule has 0 radical (unpaired) electrons. The summed E-state index contributed by atoms with van der Waals surface area (Å²) in [6, 6.07) is 16.7. The molecular formula is C24H26N4O4. The average Bonchev–Trinajstić information content (AvgIpc) is 2.82. The van der Waals surface area contributed by atoms with Gasteiger partial charge in [0.05, 0.1) is 25.3 Å². The third-order valence-corrected chi connectivity index (χ3v) is 5.04. The lowest BCUT2D eigenvalue weighted by molar-refractivity contribution is 0.275. The second kappa shape index (κ2) is 11.0. The molecule has 0 bridgehead atoms. The first-order chi connectivity index (χ1) is 15.5. The van der Waals surface area contributed by atoms with Gasteiger partial charge in [-0.25, -0.2) is 4.79 Å². The maximum atomic E-state index is 12.1. The molecule has 166 valence electrons. The van der Waals surface area contributed by atoms with Gasteiger partial charge in [0, 0.05) is 25.9 Å². The zero-order valence-electron chi connectivity index (χ0n) is 18.2. The zero-order chi connectivity index (χ0) is 22.9. The fourth-order valence-electron chi connectivity index (χ4n) is 3.22. The van der Waals surface area contributed by atoms with Crippen molar-refractivity contribution < 1.29 is 9.47 Å². The highest BCUT2D eigenvalue weighted by Gasteiger charge is 2.08. The van der Waals surface area contributed by atoms with Crippen LogP contribution in [0.4, 0.5) is 0 Å². The Labute approximate surface area is 186 Å². The van der Waals surface area contributed by atoms with E-state index in [2.05, 4.69) is 11.4 Å². The lowest BCUT2D eigenvalue weighted by Crippen LogP contribution is -2.39. The van der Waals surface area contributed by atoms with Gasteiger partial charge in [0.15, 0.2) is 11.5 Å². The summed E-state index contributed by atoms with van der Waals surface area (Å²) < 4.78 is 13.7. The summed E-state index contributed by atoms with van der Waals surface area (Å²) in [5.74, 6) is 1.14. The Balaban J connectivity index is 1.51. The van der Waals surface area contributed by atoms with Crippen LogP contribution in [-0.2, 0) is 26.6 Å². The van der Waals surface area contributed by atoms with E-state index in [1.165, 1.54) is 22.4 Å². The van der Waals surface area contributed by atoms with Gasteiger partial charge < -0.3 is 19.4 Å². The molecule has 0 fully saturated rings. The number of aromatic nitrogens is 2. The van der Waals surface area contributed by atoms with Gasteiger partial charge in [0.2, 0.25) is 0 Å². The minimum Gasteiger partial charge on any atom is -0.493 e. The summed E-state index contributed by atoms with van der Waals surface area (Å²) >= 11 is 0. The Kier molecular flexibility index (Phi) is 7.84. The zero-order valence-corrected chi connectivity index (χ0v) is 18.2. The Morgan fingerprint density at radius 3 is 2.50 bits per heavy atom. The number of nitriles is 1. The molecule has 0 aliphatic rings. The SMILES string of the molecule is COc1cc(CNCCc2ccc(C#N)cc2)ccc1OCCn1c(=O)ccn(C)c1=O. The van der Waals surface area contributed by atoms with E-state index < -0.39 is 0 Å². The lowest BCUT2D eigenvalue weighted by Gasteiger charge is -2.13. The van der Waals surface area contributed by atoms with Crippen molar-refractivity contribution in [2.24, 2.45) is 7.05 Å². The van der Waals surface area contributed by atoms with Gasteiger partial charge >= 0.3 is 5.69 Å². The lowest BCUT2D eigenvalue weighted by atomic mass is 10.1. The molecule has 3 aromatic rings. The summed E-state index contributed by atoms with van der Waals surface area (Å²) in [7, 11) is 3.17. The molecule has 0 amide bonds. The molecule has 0 atom stereocenters. The molecule has 0 aliphatic heterocycles. The van der Waals surface area contributed by atoms with Crippen LogP contribution in [0.25, 0.3) is 0 Å². The largest absolute Gasteiger partial charge is 0.493 e. The molecule has 0 aliphatic carbocycles. The van der Waals surface area contributed by atoms with Crippen molar-refractivity contribution in [3.8, 4) is 17.6 Å². The molecule has 0 spiro atoms. The Hall–Kier alpha value is -3.83. The smallest absolute Gasteiger partial charge is 0.330 e. The van der Waals surface area contributed by atoms with Gasteiger partial charge in [-0.1, -0.05) is 18.2 Å². The molecular weight excluding hydrogens is 408 g/mol. The standard InChI is InChI=1S/C24H26N4O4/c1-27-12-10-23(29)28(24(27)30)13-14-32-21-8-7-20(15-22(21)31-2)17-26-11-9-18-3-5-19(16-25)6-4-18/h3-8,10,12,15,26H,9,11,13-14,17H2,1-2H3. The van der Waals surface area contributed by atoms with Crippen LogP contribution < -0.4 is 26.0 Å². The van der Waals surface area contributed by atoms with Gasteiger partial charge in [-0.05, 0) is 48.4 Å². The number of rotatable bonds is 10. The summed E-state index contributed by atoms with van der Waals surface area (Å²) in [6.07, 6.45) is 2.31. The highest BCUT2D eigenvalue weighted by atomic mass is 16.5. The van der Waals surface area contributed by atoms with E-state index >= 15 is 0 Å². The summed E-state index contributed by atoms with van der Waals surface area (Å²) in [4.78, 5) is 24.0. The van der Waals surface area contributed by atoms with E-state index in [1.807, 2.05) is 42.5 Å². The molecule has 2 aromatic carbocycles. The number of hydrogen-bond donors (Lipinski definition) is 1. The van der Waals surface area contributed by atoms with E-state index in [-0.39, 0.29) is 24.4 Å². The first-order valence-electron chi connectivity index (χ1n) is 10.3. The number of nitrogens with one attached hydrogen (secondary N) is 1. The van der Waals surface area contributed by atoms with E-state index in [4.69, 9.17) is 14.7 Å². The second-order valence-corrected chi connectivity index (χ2v) is 7.27. The number of nitrogens with zero attached hydrogens (tertiary/aromatic N) is 3. The first-order valence-corrected chi connectivity index (χ1v) is 10.3. The van der Waals surface area contributed by atoms with Crippen LogP contribution in [0.5, 0.6) is 11.5 Å². The van der Waals surface area contributed by atoms with Crippen LogP contribution in [0.15, 0.2) is 64.3 Å². The van der Waals surface area contributed by atoms with Gasteiger partial charge in [-0.2, -0.15) is 5.26 Å². The monoisotopic (exact) mass is 434 g/mol. The Morgan fingerprint density at radius 1 is 1.03 bits per heavy atom. The van der Waals surface area contributed by atoms with Gasteiger partial charge in [0.25, 0.3) is 5.56 Å². The van der Waals surface area contributed by atoms with E-state index in [9.17, 15) is 9.59 Å². The quantitative estimate of drug-likeness (QED) is 0.489. The van der Waals surface area contributed by atoms with E-state index in [1.54, 1.807) is 14.2 Å². The average molecular weight is 434 g/mol. The van der Waals surface area contributed by atoms with Crippen LogP contribution in [0.2, 0.25) is 0 Å². The molecule has 1 aromatic heterocycles. The first kappa shape index (κ1) is 22.8. The second-order valence-electron chi connectivity index (χ2n) is 7.27. The minimum absolute atomic E-state index is 0.147. The van der Waals surface area contributed by atoms with Gasteiger partial charge in [-0.3, -0.25) is 9.36 Å². The van der Waals surface area contributed by atoms with Crippen LogP contribution in [0, 0.1) is 11.3 Å². The number of ether oxygens (including phenoxy) is 2. The third kappa shape index (κ3) is 5.86. The highest BCUT2D eigenvalue weighted by Crippen LogP contribution is 2.28. The molecule has 8 heteroatoms. The molecule has 1 N–H and O–H groups in total. The summed E-state index contributed by atoms with van der Waals surface area (Å²) in [5.41, 5.74) is 2.14. The molecule has 3 rings (SSSR count).